The van der Waals surface area contributed by atoms with E-state index in [1.165, 1.54) is 31.9 Å². The zero-order valence-electron chi connectivity index (χ0n) is 9.16. The van der Waals surface area contributed by atoms with Gasteiger partial charge in [-0.15, -0.1) is 0 Å². The Kier molecular flexibility index (Phi) is 3.83. The van der Waals surface area contributed by atoms with Gasteiger partial charge in [-0.25, -0.2) is 4.98 Å². The van der Waals surface area contributed by atoms with E-state index < -0.39 is 0 Å². The van der Waals surface area contributed by atoms with Gasteiger partial charge in [0.15, 0.2) is 0 Å². The second-order valence-electron chi connectivity index (χ2n) is 4.13. The van der Waals surface area contributed by atoms with E-state index in [1.807, 2.05) is 0 Å². The molecule has 5 heteroatoms. The van der Waals surface area contributed by atoms with E-state index in [9.17, 15) is 0 Å². The highest BCUT2D eigenvalue weighted by Crippen LogP contribution is 2.25. The maximum absolute atomic E-state index is 5.79. The zero-order valence-corrected chi connectivity index (χ0v) is 9.91. The first-order chi connectivity index (χ1) is 7.75. The Balaban J connectivity index is 2.04. The van der Waals surface area contributed by atoms with E-state index in [-0.39, 0.29) is 11.4 Å². The molecule has 1 fully saturated rings. The molecule has 16 heavy (non-hydrogen) atoms. The van der Waals surface area contributed by atoms with Crippen LogP contribution < -0.4 is 10.5 Å². The number of nitrogen functional groups attached to an aromatic ring is 1. The second kappa shape index (κ2) is 5.34. The number of rotatable bonds is 2. The van der Waals surface area contributed by atoms with Crippen LogP contribution in [0.5, 0.6) is 5.88 Å². The normalized spacial score (nSPS) is 18.1. The lowest BCUT2D eigenvalue weighted by molar-refractivity contribution is 0.177. The first-order valence-electron chi connectivity index (χ1n) is 5.70. The Morgan fingerprint density at radius 1 is 1.25 bits per heavy atom. The largest absolute Gasteiger partial charge is 0.473 e. The van der Waals surface area contributed by atoms with Crippen molar-refractivity contribution in [3.8, 4) is 5.88 Å². The molecule has 0 unspecified atom stereocenters. The average molecular weight is 242 g/mol. The summed E-state index contributed by atoms with van der Waals surface area (Å²) in [6.07, 6.45) is 8.85. The van der Waals surface area contributed by atoms with Crippen molar-refractivity contribution >= 4 is 17.3 Å². The molecule has 0 radical (unpaired) electrons. The van der Waals surface area contributed by atoms with E-state index in [0.717, 1.165) is 12.8 Å². The number of aromatic nitrogens is 2. The minimum atomic E-state index is 0.179. The van der Waals surface area contributed by atoms with Crippen LogP contribution in [0, 0.1) is 0 Å². The number of hydrogen-bond donors (Lipinski definition) is 1. The average Bonchev–Trinajstić information content (AvgIpc) is 2.52. The minimum absolute atomic E-state index is 0.179. The molecule has 0 atom stereocenters. The van der Waals surface area contributed by atoms with Crippen molar-refractivity contribution in [2.75, 3.05) is 5.73 Å². The van der Waals surface area contributed by atoms with Crippen LogP contribution in [-0.4, -0.2) is 16.1 Å². The first kappa shape index (κ1) is 11.5. The Labute approximate surface area is 100 Å². The third-order valence-corrected chi connectivity index (χ3v) is 3.01. The van der Waals surface area contributed by atoms with Gasteiger partial charge in [0.25, 0.3) is 0 Å². The minimum Gasteiger partial charge on any atom is -0.473 e. The fourth-order valence-corrected chi connectivity index (χ4v) is 2.09. The van der Waals surface area contributed by atoms with Gasteiger partial charge >= 0.3 is 0 Å². The fraction of sp³-hybridized carbons (Fsp3) is 0.636. The van der Waals surface area contributed by atoms with Gasteiger partial charge in [0, 0.05) is 0 Å². The molecule has 1 aromatic rings. The molecule has 1 heterocycles. The van der Waals surface area contributed by atoms with Gasteiger partial charge < -0.3 is 10.5 Å². The van der Waals surface area contributed by atoms with Crippen LogP contribution in [0.25, 0.3) is 0 Å². The highest BCUT2D eigenvalue weighted by atomic mass is 35.5. The first-order valence-corrected chi connectivity index (χ1v) is 6.08. The lowest BCUT2D eigenvalue weighted by Gasteiger charge is -2.16. The van der Waals surface area contributed by atoms with Gasteiger partial charge in [0.2, 0.25) is 11.2 Å². The van der Waals surface area contributed by atoms with Crippen LogP contribution in [0.4, 0.5) is 5.69 Å². The van der Waals surface area contributed by atoms with E-state index in [4.69, 9.17) is 22.1 Å². The summed E-state index contributed by atoms with van der Waals surface area (Å²) in [4.78, 5) is 7.80. The fourth-order valence-electron chi connectivity index (χ4n) is 1.97. The summed E-state index contributed by atoms with van der Waals surface area (Å²) in [5.41, 5.74) is 6.19. The third-order valence-electron chi connectivity index (χ3n) is 2.83. The molecule has 0 saturated heterocycles. The molecule has 2 rings (SSSR count). The molecule has 1 aromatic heterocycles. The predicted molar refractivity (Wildman–Crippen MR) is 63.6 cm³/mol. The van der Waals surface area contributed by atoms with E-state index in [1.54, 1.807) is 0 Å². The Hall–Kier alpha value is -1.03. The summed E-state index contributed by atoms with van der Waals surface area (Å²) >= 11 is 5.71. The highest BCUT2D eigenvalue weighted by Gasteiger charge is 2.16. The maximum Gasteiger partial charge on any atom is 0.241 e. The number of anilines is 1. The molecule has 1 saturated carbocycles. The van der Waals surface area contributed by atoms with Gasteiger partial charge in [-0.1, -0.05) is 12.8 Å². The van der Waals surface area contributed by atoms with Crippen molar-refractivity contribution in [1.82, 2.24) is 9.97 Å². The molecular formula is C11H16ClN3O. The number of halogens is 1. The monoisotopic (exact) mass is 241 g/mol. The van der Waals surface area contributed by atoms with Gasteiger partial charge in [-0.05, 0) is 37.3 Å². The lowest BCUT2D eigenvalue weighted by Crippen LogP contribution is -2.17. The van der Waals surface area contributed by atoms with Crippen molar-refractivity contribution in [3.63, 3.8) is 0 Å². The molecular weight excluding hydrogens is 226 g/mol. The summed E-state index contributed by atoms with van der Waals surface area (Å²) in [6, 6.07) is 0. The van der Waals surface area contributed by atoms with Gasteiger partial charge in [-0.3, -0.25) is 0 Å². The van der Waals surface area contributed by atoms with E-state index in [0.29, 0.717) is 11.6 Å². The lowest BCUT2D eigenvalue weighted by atomic mass is 10.1. The predicted octanol–water partition coefficient (Wildman–Crippen LogP) is 2.81. The number of nitrogens with zero attached hydrogens (tertiary/aromatic N) is 2. The van der Waals surface area contributed by atoms with Crippen molar-refractivity contribution < 1.29 is 4.74 Å². The number of nitrogens with two attached hydrogens (primary N) is 1. The molecule has 0 spiro atoms. The molecule has 0 aromatic carbocycles. The zero-order chi connectivity index (χ0) is 11.4. The molecule has 2 N–H and O–H groups in total. The SMILES string of the molecule is Nc1cnc(Cl)nc1OC1CCCCCC1. The van der Waals surface area contributed by atoms with E-state index >= 15 is 0 Å². The Bertz CT molecular complexity index is 351. The van der Waals surface area contributed by atoms with Crippen molar-refractivity contribution in [3.05, 3.63) is 11.5 Å². The summed E-state index contributed by atoms with van der Waals surface area (Å²) in [5, 5.41) is 0.179. The van der Waals surface area contributed by atoms with Crippen LogP contribution in [0.15, 0.2) is 6.20 Å². The highest BCUT2D eigenvalue weighted by molar-refractivity contribution is 6.28. The number of hydrogen-bond acceptors (Lipinski definition) is 4. The molecule has 0 amide bonds. The summed E-state index contributed by atoms with van der Waals surface area (Å²) in [7, 11) is 0. The Morgan fingerprint density at radius 2 is 1.94 bits per heavy atom. The van der Waals surface area contributed by atoms with Gasteiger partial charge in [-0.2, -0.15) is 4.98 Å². The summed E-state index contributed by atoms with van der Waals surface area (Å²) < 4.78 is 5.79. The summed E-state index contributed by atoms with van der Waals surface area (Å²) in [5.74, 6) is 0.423. The van der Waals surface area contributed by atoms with Crippen LogP contribution >= 0.6 is 11.6 Å². The van der Waals surface area contributed by atoms with Gasteiger partial charge in [0.05, 0.1) is 6.20 Å². The van der Waals surface area contributed by atoms with Crippen molar-refractivity contribution in [2.24, 2.45) is 0 Å². The third kappa shape index (κ3) is 2.98. The second-order valence-corrected chi connectivity index (χ2v) is 4.47. The molecule has 1 aliphatic rings. The van der Waals surface area contributed by atoms with E-state index in [2.05, 4.69) is 9.97 Å². The van der Waals surface area contributed by atoms with Crippen molar-refractivity contribution in [2.45, 2.75) is 44.6 Å². The maximum atomic E-state index is 5.79. The molecule has 88 valence electrons. The van der Waals surface area contributed by atoms with Crippen molar-refractivity contribution in [1.29, 1.82) is 0 Å². The van der Waals surface area contributed by atoms with Crippen LogP contribution in [0.1, 0.15) is 38.5 Å². The van der Waals surface area contributed by atoms with Crippen LogP contribution in [0.2, 0.25) is 5.28 Å². The Morgan fingerprint density at radius 3 is 2.62 bits per heavy atom. The summed E-state index contributed by atoms with van der Waals surface area (Å²) in [6.45, 7) is 0. The quantitative estimate of drug-likeness (QED) is 0.639. The van der Waals surface area contributed by atoms with Gasteiger partial charge in [0.1, 0.15) is 11.8 Å². The molecule has 0 bridgehead atoms. The van der Waals surface area contributed by atoms with Crippen LogP contribution in [0.3, 0.4) is 0 Å². The topological polar surface area (TPSA) is 61.0 Å². The molecule has 0 aliphatic heterocycles. The molecule has 4 nitrogen and oxygen atoms in total. The number of ether oxygens (including phenoxy) is 1. The van der Waals surface area contributed by atoms with Crippen LogP contribution in [-0.2, 0) is 0 Å². The smallest absolute Gasteiger partial charge is 0.241 e. The standard InChI is InChI=1S/C11H16ClN3O/c12-11-14-7-9(13)10(15-11)16-8-5-3-1-2-4-6-8/h7-8H,1-6,13H2. The molecule has 1 aliphatic carbocycles.